The van der Waals surface area contributed by atoms with E-state index >= 15 is 0 Å². The fourth-order valence-corrected chi connectivity index (χ4v) is 2.49. The van der Waals surface area contributed by atoms with Gasteiger partial charge in [-0.2, -0.15) is 10.2 Å². The predicted molar refractivity (Wildman–Crippen MR) is 86.7 cm³/mol. The molecule has 0 aliphatic carbocycles. The van der Waals surface area contributed by atoms with Crippen molar-refractivity contribution in [2.45, 2.75) is 13.5 Å². The number of halogens is 1. The quantitative estimate of drug-likeness (QED) is 0.751. The van der Waals surface area contributed by atoms with Gasteiger partial charge in [-0.1, -0.05) is 29.8 Å². The van der Waals surface area contributed by atoms with Crippen molar-refractivity contribution in [1.82, 2.24) is 20.0 Å². The third-order valence-corrected chi connectivity index (χ3v) is 3.73. The van der Waals surface area contributed by atoms with Gasteiger partial charge in [0.15, 0.2) is 5.82 Å². The van der Waals surface area contributed by atoms with Crippen molar-refractivity contribution in [3.63, 3.8) is 0 Å². The van der Waals surface area contributed by atoms with Crippen LogP contribution in [-0.2, 0) is 6.54 Å². The number of H-pyrrole nitrogens is 1. The smallest absolute Gasteiger partial charge is 0.276 e. The van der Waals surface area contributed by atoms with Gasteiger partial charge in [0, 0.05) is 12.3 Å². The number of nitrogens with zero attached hydrogens (tertiary/aromatic N) is 3. The molecular weight excluding hydrogens is 346 g/mol. The molecule has 1 amide bonds. The zero-order valence-electron chi connectivity index (χ0n) is 11.9. The van der Waals surface area contributed by atoms with Crippen molar-refractivity contribution in [3.05, 3.63) is 64.0 Å². The molecule has 0 saturated carbocycles. The van der Waals surface area contributed by atoms with Gasteiger partial charge >= 0.3 is 0 Å². The molecule has 6 nitrogen and oxygen atoms in total. The lowest BCUT2D eigenvalue weighted by Crippen LogP contribution is -2.14. The number of hydrogen-bond acceptors (Lipinski definition) is 3. The normalized spacial score (nSPS) is 10.6. The molecule has 22 heavy (non-hydrogen) atoms. The van der Waals surface area contributed by atoms with Crippen LogP contribution in [0.5, 0.6) is 0 Å². The Morgan fingerprint density at radius 2 is 2.27 bits per heavy atom. The maximum Gasteiger partial charge on any atom is 0.276 e. The van der Waals surface area contributed by atoms with Crippen LogP contribution in [-0.4, -0.2) is 25.9 Å². The van der Waals surface area contributed by atoms with Crippen LogP contribution in [0, 0.1) is 6.92 Å². The summed E-state index contributed by atoms with van der Waals surface area (Å²) in [5.74, 6) is 0.212. The van der Waals surface area contributed by atoms with E-state index in [1.54, 1.807) is 10.7 Å². The van der Waals surface area contributed by atoms with E-state index in [1.807, 2.05) is 12.3 Å². The van der Waals surface area contributed by atoms with Crippen molar-refractivity contribution in [1.29, 1.82) is 0 Å². The predicted octanol–water partition coefficient (Wildman–Crippen LogP) is 2.98. The molecule has 7 heteroatoms. The molecule has 2 aromatic heterocycles. The van der Waals surface area contributed by atoms with E-state index in [1.165, 1.54) is 11.8 Å². The first-order chi connectivity index (χ1) is 10.6. The van der Waals surface area contributed by atoms with Gasteiger partial charge in [0.2, 0.25) is 0 Å². The lowest BCUT2D eigenvalue weighted by molar-refractivity contribution is 0.102. The summed E-state index contributed by atoms with van der Waals surface area (Å²) in [6.45, 7) is 2.71. The molecule has 0 radical (unpaired) electrons. The number of carbonyl (C=O) groups excluding carboxylic acids is 1. The number of amides is 1. The molecule has 112 valence electrons. The van der Waals surface area contributed by atoms with Gasteiger partial charge in [0.05, 0.1) is 17.2 Å². The molecule has 3 rings (SSSR count). The summed E-state index contributed by atoms with van der Waals surface area (Å²) in [5.41, 5.74) is 2.74. The molecule has 3 aromatic rings. The van der Waals surface area contributed by atoms with Crippen LogP contribution in [0.3, 0.4) is 0 Å². The van der Waals surface area contributed by atoms with Gasteiger partial charge in [-0.25, -0.2) is 0 Å². The minimum absolute atomic E-state index is 0.287. The summed E-state index contributed by atoms with van der Waals surface area (Å²) in [5, 5.41) is 13.5. The molecule has 2 N–H and O–H groups in total. The number of aromatic nitrogens is 4. The van der Waals surface area contributed by atoms with E-state index in [4.69, 9.17) is 0 Å². The average molecular weight is 360 g/mol. The van der Waals surface area contributed by atoms with Gasteiger partial charge in [0.25, 0.3) is 5.91 Å². The zero-order valence-corrected chi connectivity index (χ0v) is 13.5. The van der Waals surface area contributed by atoms with Crippen LogP contribution in [0.15, 0.2) is 47.2 Å². The Balaban J connectivity index is 1.69. The van der Waals surface area contributed by atoms with Crippen molar-refractivity contribution in [2.24, 2.45) is 0 Å². The summed E-state index contributed by atoms with van der Waals surface area (Å²) < 4.78 is 2.40. The number of benzene rings is 1. The Kier molecular flexibility index (Phi) is 4.06. The van der Waals surface area contributed by atoms with Crippen LogP contribution < -0.4 is 5.32 Å². The molecule has 0 fully saturated rings. The standard InChI is InChI=1S/C15H14BrN5O/c1-10-3-2-4-11(7-10)9-21-6-5-13(20-21)18-15(22)14-12(16)8-17-19-14/h2-8H,9H2,1H3,(H,17,19)(H,18,20,22). The topological polar surface area (TPSA) is 75.6 Å². The second kappa shape index (κ2) is 6.15. The maximum absolute atomic E-state index is 12.0. The van der Waals surface area contributed by atoms with Crippen molar-refractivity contribution >= 4 is 27.7 Å². The highest BCUT2D eigenvalue weighted by Gasteiger charge is 2.13. The van der Waals surface area contributed by atoms with Gasteiger partial charge in [-0.15, -0.1) is 0 Å². The van der Waals surface area contributed by atoms with Crippen LogP contribution in [0.2, 0.25) is 0 Å². The Hall–Kier alpha value is -2.41. The minimum atomic E-state index is -0.287. The van der Waals surface area contributed by atoms with E-state index < -0.39 is 0 Å². The van der Waals surface area contributed by atoms with E-state index in [0.717, 1.165) is 5.56 Å². The van der Waals surface area contributed by atoms with Crippen molar-refractivity contribution in [3.8, 4) is 0 Å². The summed E-state index contributed by atoms with van der Waals surface area (Å²) >= 11 is 3.26. The van der Waals surface area contributed by atoms with Gasteiger partial charge in [-0.3, -0.25) is 14.6 Å². The number of anilines is 1. The largest absolute Gasteiger partial charge is 0.304 e. The average Bonchev–Trinajstić information content (AvgIpc) is 3.08. The Morgan fingerprint density at radius 1 is 1.41 bits per heavy atom. The van der Waals surface area contributed by atoms with Crippen LogP contribution >= 0.6 is 15.9 Å². The number of carbonyl (C=O) groups is 1. The van der Waals surface area contributed by atoms with Crippen LogP contribution in [0.4, 0.5) is 5.82 Å². The highest BCUT2D eigenvalue weighted by atomic mass is 79.9. The first kappa shape index (κ1) is 14.5. The number of hydrogen-bond donors (Lipinski definition) is 2. The molecule has 1 aromatic carbocycles. The maximum atomic E-state index is 12.0. The third kappa shape index (κ3) is 3.25. The Morgan fingerprint density at radius 3 is 3.00 bits per heavy atom. The Bertz CT molecular complexity index is 808. The fourth-order valence-electron chi connectivity index (χ4n) is 2.12. The first-order valence-electron chi connectivity index (χ1n) is 6.71. The molecule has 0 spiro atoms. The van der Waals surface area contributed by atoms with Crippen LogP contribution in [0.25, 0.3) is 0 Å². The van der Waals surface area contributed by atoms with Gasteiger partial charge in [-0.05, 0) is 28.4 Å². The van der Waals surface area contributed by atoms with E-state index in [9.17, 15) is 4.79 Å². The van der Waals surface area contributed by atoms with Crippen molar-refractivity contribution < 1.29 is 4.79 Å². The van der Waals surface area contributed by atoms with Gasteiger partial charge in [0.1, 0.15) is 5.69 Å². The van der Waals surface area contributed by atoms with Gasteiger partial charge < -0.3 is 5.32 Å². The number of rotatable bonds is 4. The number of aryl methyl sites for hydroxylation is 1. The molecule has 0 bridgehead atoms. The molecule has 0 aliphatic rings. The van der Waals surface area contributed by atoms with Crippen molar-refractivity contribution in [2.75, 3.05) is 5.32 Å². The highest BCUT2D eigenvalue weighted by Crippen LogP contribution is 2.14. The summed E-state index contributed by atoms with van der Waals surface area (Å²) in [6, 6.07) is 10.0. The molecule has 2 heterocycles. The second-order valence-corrected chi connectivity index (χ2v) is 5.79. The highest BCUT2D eigenvalue weighted by molar-refractivity contribution is 9.10. The zero-order chi connectivity index (χ0) is 15.5. The van der Waals surface area contributed by atoms with E-state index in [0.29, 0.717) is 22.5 Å². The molecule has 0 aliphatic heterocycles. The van der Waals surface area contributed by atoms with Crippen LogP contribution in [0.1, 0.15) is 21.6 Å². The summed E-state index contributed by atoms with van der Waals surface area (Å²) in [7, 11) is 0. The lowest BCUT2D eigenvalue weighted by atomic mass is 10.1. The van der Waals surface area contributed by atoms with E-state index in [2.05, 4.69) is 61.7 Å². The molecular formula is C15H14BrN5O. The number of nitrogens with one attached hydrogen (secondary N) is 2. The molecule has 0 atom stereocenters. The van der Waals surface area contributed by atoms with E-state index in [-0.39, 0.29) is 5.91 Å². The Labute approximate surface area is 135 Å². The number of aromatic amines is 1. The SMILES string of the molecule is Cc1cccc(Cn2ccc(NC(=O)c3[nH]ncc3Br)n2)c1. The lowest BCUT2D eigenvalue weighted by Gasteiger charge is -2.03. The minimum Gasteiger partial charge on any atom is -0.304 e. The summed E-state index contributed by atoms with van der Waals surface area (Å²) in [6.07, 6.45) is 3.37. The molecule has 0 unspecified atom stereocenters. The first-order valence-corrected chi connectivity index (χ1v) is 7.50. The molecule has 0 saturated heterocycles. The fraction of sp³-hybridized carbons (Fsp3) is 0.133. The summed E-state index contributed by atoms with van der Waals surface area (Å²) in [4.78, 5) is 12.0. The second-order valence-electron chi connectivity index (χ2n) is 4.93. The monoisotopic (exact) mass is 359 g/mol. The third-order valence-electron chi connectivity index (χ3n) is 3.13.